The van der Waals surface area contributed by atoms with Gasteiger partial charge < -0.3 is 10.2 Å². The molecule has 1 saturated heterocycles. The fraction of sp³-hybridized carbons (Fsp3) is 0.409. The number of amides is 2. The second kappa shape index (κ2) is 7.14. The molecule has 2 heterocycles. The average molecular weight is 363 g/mol. The lowest BCUT2D eigenvalue weighted by molar-refractivity contribution is -0.123. The summed E-state index contributed by atoms with van der Waals surface area (Å²) in [7, 11) is 0. The van der Waals surface area contributed by atoms with Gasteiger partial charge in [-0.3, -0.25) is 9.59 Å². The summed E-state index contributed by atoms with van der Waals surface area (Å²) in [5.41, 5.74) is 3.65. The van der Waals surface area contributed by atoms with Crippen LogP contribution in [-0.2, 0) is 4.79 Å². The zero-order valence-electron chi connectivity index (χ0n) is 15.8. The van der Waals surface area contributed by atoms with E-state index in [1.165, 1.54) is 5.56 Å². The predicted molar refractivity (Wildman–Crippen MR) is 103 cm³/mol. The molecule has 2 aliphatic rings. The molecule has 2 fully saturated rings. The van der Waals surface area contributed by atoms with E-state index in [4.69, 9.17) is 0 Å². The van der Waals surface area contributed by atoms with Gasteiger partial charge in [0.15, 0.2) is 0 Å². The largest absolute Gasteiger partial charge is 0.351 e. The molecule has 1 aromatic carbocycles. The molecule has 2 amide bonds. The van der Waals surface area contributed by atoms with Gasteiger partial charge in [-0.05, 0) is 44.4 Å². The Labute approximate surface area is 159 Å². The van der Waals surface area contributed by atoms with Crippen molar-refractivity contribution in [3.05, 3.63) is 65.0 Å². The highest BCUT2D eigenvalue weighted by atomic mass is 16.2. The van der Waals surface area contributed by atoms with Crippen LogP contribution < -0.4 is 5.32 Å². The van der Waals surface area contributed by atoms with Gasteiger partial charge in [0.2, 0.25) is 5.91 Å². The van der Waals surface area contributed by atoms with Gasteiger partial charge in [-0.15, -0.1) is 0 Å². The van der Waals surface area contributed by atoms with Crippen LogP contribution in [0.1, 0.15) is 46.1 Å². The van der Waals surface area contributed by atoms with Crippen LogP contribution in [0.2, 0.25) is 0 Å². The van der Waals surface area contributed by atoms with E-state index in [-0.39, 0.29) is 29.7 Å². The van der Waals surface area contributed by atoms with E-state index < -0.39 is 0 Å². The molecule has 1 aliphatic carbocycles. The summed E-state index contributed by atoms with van der Waals surface area (Å²) in [6.45, 7) is 5.05. The lowest BCUT2D eigenvalue weighted by atomic mass is 9.93. The number of benzene rings is 1. The summed E-state index contributed by atoms with van der Waals surface area (Å²) in [6, 6.07) is 13.8. The summed E-state index contributed by atoms with van der Waals surface area (Å²) in [5, 5.41) is 3.20. The predicted octanol–water partition coefficient (Wildman–Crippen LogP) is 2.83. The fourth-order valence-electron chi connectivity index (χ4n) is 3.74. The van der Waals surface area contributed by atoms with Crippen LogP contribution in [0, 0.1) is 19.8 Å². The Morgan fingerprint density at radius 1 is 1.04 bits per heavy atom. The molecule has 0 radical (unpaired) electrons. The Morgan fingerprint density at radius 2 is 1.78 bits per heavy atom. The Hall–Kier alpha value is -2.69. The van der Waals surface area contributed by atoms with Gasteiger partial charge in [-0.2, -0.15) is 0 Å². The van der Waals surface area contributed by atoms with Crippen LogP contribution >= 0.6 is 0 Å². The zero-order chi connectivity index (χ0) is 19.0. The second-order valence-corrected chi connectivity index (χ2v) is 7.78. The molecule has 0 unspecified atom stereocenters. The van der Waals surface area contributed by atoms with E-state index in [0.29, 0.717) is 18.8 Å². The third kappa shape index (κ3) is 3.87. The van der Waals surface area contributed by atoms with Gasteiger partial charge in [0.05, 0.1) is 6.04 Å². The highest BCUT2D eigenvalue weighted by molar-refractivity contribution is 5.92. The smallest absolute Gasteiger partial charge is 0.272 e. The first-order chi connectivity index (χ1) is 13.0. The fourth-order valence-corrected chi connectivity index (χ4v) is 3.74. The maximum atomic E-state index is 13.0. The van der Waals surface area contributed by atoms with Crippen molar-refractivity contribution in [2.75, 3.05) is 13.1 Å². The molecular weight excluding hydrogens is 338 g/mol. The molecule has 2 atom stereocenters. The standard InChI is InChI=1S/C22H25N3O2/c1-14-6-8-16(9-7-14)18-12-25(13-20(18)24-21(26)17-10-11-17)22(27)19-5-3-4-15(2)23-19/h3-9,17-18,20H,10-13H2,1-2H3,(H,24,26)/t18-,20+/m0/s1. The lowest BCUT2D eigenvalue weighted by Crippen LogP contribution is -2.41. The quantitative estimate of drug-likeness (QED) is 0.909. The number of carbonyl (C=O) groups excluding carboxylic acids is 2. The monoisotopic (exact) mass is 363 g/mol. The van der Waals surface area contributed by atoms with Gasteiger partial charge in [0, 0.05) is 30.6 Å². The van der Waals surface area contributed by atoms with Crippen LogP contribution in [0.25, 0.3) is 0 Å². The summed E-state index contributed by atoms with van der Waals surface area (Å²) in [4.78, 5) is 31.5. The number of nitrogens with zero attached hydrogens (tertiary/aromatic N) is 2. The molecule has 1 aromatic heterocycles. The highest BCUT2D eigenvalue weighted by Gasteiger charge is 2.40. The van der Waals surface area contributed by atoms with Gasteiger partial charge in [-0.1, -0.05) is 35.9 Å². The second-order valence-electron chi connectivity index (χ2n) is 7.78. The zero-order valence-corrected chi connectivity index (χ0v) is 15.8. The number of pyridine rings is 1. The SMILES string of the molecule is Cc1ccc([C@@H]2CN(C(=O)c3cccc(C)n3)C[C@H]2NC(=O)C2CC2)cc1. The van der Waals surface area contributed by atoms with E-state index in [9.17, 15) is 9.59 Å². The molecule has 27 heavy (non-hydrogen) atoms. The minimum Gasteiger partial charge on any atom is -0.351 e. The maximum Gasteiger partial charge on any atom is 0.272 e. The molecule has 2 aromatic rings. The van der Waals surface area contributed by atoms with Crippen molar-refractivity contribution in [3.8, 4) is 0 Å². The Bertz CT molecular complexity index is 858. The summed E-state index contributed by atoms with van der Waals surface area (Å²) >= 11 is 0. The van der Waals surface area contributed by atoms with E-state index in [2.05, 4.69) is 41.5 Å². The molecule has 5 nitrogen and oxygen atoms in total. The Morgan fingerprint density at radius 3 is 2.44 bits per heavy atom. The number of carbonyl (C=O) groups is 2. The topological polar surface area (TPSA) is 62.3 Å². The number of aryl methyl sites for hydroxylation is 2. The van der Waals surface area contributed by atoms with Crippen LogP contribution in [0.4, 0.5) is 0 Å². The molecule has 1 saturated carbocycles. The van der Waals surface area contributed by atoms with Crippen LogP contribution in [0.5, 0.6) is 0 Å². The first-order valence-corrected chi connectivity index (χ1v) is 9.61. The number of hydrogen-bond acceptors (Lipinski definition) is 3. The normalized spacial score (nSPS) is 21.9. The van der Waals surface area contributed by atoms with E-state index in [0.717, 1.165) is 24.1 Å². The third-order valence-corrected chi connectivity index (χ3v) is 5.50. The first-order valence-electron chi connectivity index (χ1n) is 9.61. The molecule has 1 N–H and O–H groups in total. The van der Waals surface area contributed by atoms with Gasteiger partial charge in [-0.25, -0.2) is 4.98 Å². The first kappa shape index (κ1) is 17.7. The number of rotatable bonds is 4. The molecular formula is C22H25N3O2. The van der Waals surface area contributed by atoms with Crippen molar-refractivity contribution in [3.63, 3.8) is 0 Å². The van der Waals surface area contributed by atoms with E-state index in [1.807, 2.05) is 24.0 Å². The highest BCUT2D eigenvalue weighted by Crippen LogP contribution is 2.32. The number of likely N-dealkylation sites (tertiary alicyclic amines) is 1. The average Bonchev–Trinajstić information content (AvgIpc) is 3.43. The van der Waals surface area contributed by atoms with Crippen LogP contribution in [-0.4, -0.2) is 40.8 Å². The molecule has 0 spiro atoms. The van der Waals surface area contributed by atoms with Crippen molar-refractivity contribution in [2.45, 2.75) is 38.6 Å². The number of nitrogens with one attached hydrogen (secondary N) is 1. The summed E-state index contributed by atoms with van der Waals surface area (Å²) < 4.78 is 0. The molecule has 1 aliphatic heterocycles. The Kier molecular flexibility index (Phi) is 4.68. The molecule has 140 valence electrons. The molecule has 5 heteroatoms. The Balaban J connectivity index is 1.56. The van der Waals surface area contributed by atoms with Crippen molar-refractivity contribution in [2.24, 2.45) is 5.92 Å². The van der Waals surface area contributed by atoms with Crippen LogP contribution in [0.15, 0.2) is 42.5 Å². The van der Waals surface area contributed by atoms with Gasteiger partial charge >= 0.3 is 0 Å². The van der Waals surface area contributed by atoms with Gasteiger partial charge in [0.25, 0.3) is 5.91 Å². The van der Waals surface area contributed by atoms with Crippen molar-refractivity contribution < 1.29 is 9.59 Å². The van der Waals surface area contributed by atoms with E-state index >= 15 is 0 Å². The van der Waals surface area contributed by atoms with Gasteiger partial charge in [0.1, 0.15) is 5.69 Å². The molecule has 0 bridgehead atoms. The number of aromatic nitrogens is 1. The molecule has 4 rings (SSSR count). The van der Waals surface area contributed by atoms with Crippen molar-refractivity contribution >= 4 is 11.8 Å². The summed E-state index contributed by atoms with van der Waals surface area (Å²) in [6.07, 6.45) is 1.95. The third-order valence-electron chi connectivity index (χ3n) is 5.50. The van der Waals surface area contributed by atoms with Crippen LogP contribution in [0.3, 0.4) is 0 Å². The lowest BCUT2D eigenvalue weighted by Gasteiger charge is -2.20. The van der Waals surface area contributed by atoms with Crippen molar-refractivity contribution in [1.82, 2.24) is 15.2 Å². The summed E-state index contributed by atoms with van der Waals surface area (Å²) in [5.74, 6) is 0.313. The minimum absolute atomic E-state index is 0.0606. The van der Waals surface area contributed by atoms with E-state index in [1.54, 1.807) is 6.07 Å². The van der Waals surface area contributed by atoms with Crippen molar-refractivity contribution in [1.29, 1.82) is 0 Å². The minimum atomic E-state index is -0.0704. The maximum absolute atomic E-state index is 13.0. The number of hydrogen-bond donors (Lipinski definition) is 1.